The highest BCUT2D eigenvalue weighted by molar-refractivity contribution is 6.01. The maximum absolute atomic E-state index is 13.1. The maximum Gasteiger partial charge on any atom is 0.246 e. The van der Waals surface area contributed by atoms with Gasteiger partial charge in [0.05, 0.1) is 34.3 Å². The number of carbonyl (C=O) groups excluding carboxylic acids is 3. The number of anilines is 3. The van der Waals surface area contributed by atoms with Crippen molar-refractivity contribution in [3.05, 3.63) is 219 Å². The van der Waals surface area contributed by atoms with Crippen LogP contribution in [0, 0.1) is 0 Å². The molecule has 6 aliphatic rings. The fourth-order valence-electron chi connectivity index (χ4n) is 16.1. The van der Waals surface area contributed by atoms with Gasteiger partial charge in [-0.2, -0.15) is 15.3 Å². The number of rotatable bonds is 24. The summed E-state index contributed by atoms with van der Waals surface area (Å²) in [6, 6.07) is 54.1. The molecule has 28 nitrogen and oxygen atoms in total. The first kappa shape index (κ1) is 80.0. The number of likely N-dealkylation sites (N-methyl/N-ethyl adjacent to an activating group) is 1. The molecule has 3 atom stereocenters. The van der Waals surface area contributed by atoms with Crippen molar-refractivity contribution in [2.45, 2.75) is 113 Å². The van der Waals surface area contributed by atoms with Crippen LogP contribution in [0.1, 0.15) is 95.2 Å². The molecule has 0 radical (unpaired) electrons. The van der Waals surface area contributed by atoms with Crippen molar-refractivity contribution in [1.29, 1.82) is 0 Å². The van der Waals surface area contributed by atoms with Crippen molar-refractivity contribution in [3.8, 4) is 68.3 Å². The second kappa shape index (κ2) is 37.7. The van der Waals surface area contributed by atoms with Crippen LogP contribution in [-0.4, -0.2) is 206 Å². The molecule has 12 aromatic rings. The maximum atomic E-state index is 13.1. The van der Waals surface area contributed by atoms with Gasteiger partial charge < -0.3 is 61.6 Å². The minimum Gasteiger partial charge on any atom is -0.457 e. The highest BCUT2D eigenvalue weighted by atomic mass is 16.5. The zero-order valence-electron chi connectivity index (χ0n) is 67.3. The number of nitrogens with one attached hydrogen (secondary N) is 2. The lowest BCUT2D eigenvalue weighted by atomic mass is 9.93. The molecule has 18 rings (SSSR count). The quantitative estimate of drug-likeness (QED) is 0.0351. The number of piperidine rings is 2. The number of hydrogen-bond acceptors (Lipinski definition) is 22. The number of nitrogen functional groups attached to an aromatic ring is 3. The van der Waals surface area contributed by atoms with E-state index in [-0.39, 0.29) is 35.8 Å². The van der Waals surface area contributed by atoms with Crippen LogP contribution in [0.25, 0.3) is 66.9 Å². The van der Waals surface area contributed by atoms with Crippen LogP contribution >= 0.6 is 0 Å². The lowest BCUT2D eigenvalue weighted by Crippen LogP contribution is -2.41. The minimum atomic E-state index is -0.00422. The molecule has 0 spiro atoms. The SMILES string of the molecule is CN1CCC(N(C)C/C=C/C(=O)N2CC[C@@H](n3nc(-c4ccc(Oc5ccccc5)cc4)c4c(N)ncnc43)C2)CC1.Nc1ncnc2c1c(-c1ccc(Oc3ccccc3)cc1)nn2[C@@H]1CCCN(C(=O)/C=C/CNC2CCC2)C1.Nc1ncnc2c1c(-c1ccc(Oc3ccccc3)cc1)nn2[C@@H]1CCN(C(=O)/C=C/CNC2CCC2)C1. The Morgan fingerprint density at radius 1 is 0.403 bits per heavy atom. The predicted molar refractivity (Wildman–Crippen MR) is 462 cm³/mol. The van der Waals surface area contributed by atoms with E-state index < -0.39 is 0 Å². The Morgan fingerprint density at radius 2 is 0.739 bits per heavy atom. The van der Waals surface area contributed by atoms with Gasteiger partial charge in [0.25, 0.3) is 0 Å². The highest BCUT2D eigenvalue weighted by Gasteiger charge is 2.34. The zero-order valence-corrected chi connectivity index (χ0v) is 67.3. The van der Waals surface area contributed by atoms with Crippen molar-refractivity contribution in [1.82, 2.24) is 94.4 Å². The molecule has 6 fully saturated rings. The number of aromatic nitrogens is 12. The molecule has 3 amide bonds. The van der Waals surface area contributed by atoms with Crippen LogP contribution in [0.2, 0.25) is 0 Å². The first-order valence-corrected chi connectivity index (χ1v) is 41.5. The van der Waals surface area contributed by atoms with E-state index in [9.17, 15) is 14.4 Å². The van der Waals surface area contributed by atoms with Gasteiger partial charge in [-0.3, -0.25) is 19.3 Å². The monoisotopic (exact) mass is 1600 g/mol. The zero-order chi connectivity index (χ0) is 81.6. The van der Waals surface area contributed by atoms with Gasteiger partial charge >= 0.3 is 0 Å². The number of nitrogens with two attached hydrogens (primary N) is 3. The van der Waals surface area contributed by atoms with Crippen LogP contribution < -0.4 is 42.0 Å². The van der Waals surface area contributed by atoms with Crippen LogP contribution in [0.4, 0.5) is 17.5 Å². The summed E-state index contributed by atoms with van der Waals surface area (Å²) in [5.41, 5.74) is 25.9. The molecule has 2 saturated carbocycles. The molecule has 10 heterocycles. The Morgan fingerprint density at radius 3 is 1.09 bits per heavy atom. The molecule has 612 valence electrons. The molecule has 6 aromatic heterocycles. The summed E-state index contributed by atoms with van der Waals surface area (Å²) in [7, 11) is 4.32. The van der Waals surface area contributed by atoms with E-state index in [1.807, 2.05) is 211 Å². The summed E-state index contributed by atoms with van der Waals surface area (Å²) in [6.07, 6.45) is 28.6. The number of amides is 3. The fraction of sp³-hybridized carbons (Fsp3) is 0.341. The summed E-state index contributed by atoms with van der Waals surface area (Å²) in [6.45, 7) is 8.27. The Kier molecular flexibility index (Phi) is 25.3. The molecule has 0 unspecified atom stereocenters. The molecule has 2 aliphatic carbocycles. The predicted octanol–water partition coefficient (Wildman–Crippen LogP) is 13.3. The number of fused-ring (bicyclic) bond motifs is 3. The Bertz CT molecular complexity index is 5530. The standard InChI is InChI=1S/C32H38N8O2.C30H33N7O2.C29H31N7O2/c1-37-18-14-24(15-19-37)38(2)17-6-9-28(41)39-20-16-25(21-39)40-32-29(31(33)34-22-35-32)30(36-40)23-10-12-27(13-11-23)42-26-7-4-3-5-8-26;31-29-27-28(21-13-15-25(16-14-21)39-24-10-2-1-3-11-24)35-37(30(27)34-20-33-29)23-9-6-18-36(19-23)26(38)12-5-17-32-22-7-4-8-22;30-28-26-27(20-11-13-24(14-12-20)38-23-8-2-1-3-9-23)34-36(29(26)33-19-32-28)22-15-17-35(18-22)25(37)10-5-16-31-21-6-4-7-21/h3-13,22,24-25H,14-21H2,1-2H3,(H2,33,34,35);1-3,5,10-16,20,22-23,32H,4,6-9,17-19H2,(H2,31,33,34);1-3,5,8-14,19,21-22,31H,4,6-7,15-18H2,(H2,30,32,33)/b9-6+;12-5+;10-5+/t25-;23-;22-/m111/s1. The van der Waals surface area contributed by atoms with E-state index in [4.69, 9.17) is 46.7 Å². The number of para-hydroxylation sites is 3. The third-order valence-electron chi connectivity index (χ3n) is 23.3. The lowest BCUT2D eigenvalue weighted by molar-refractivity contribution is -0.128. The van der Waals surface area contributed by atoms with Gasteiger partial charge in [-0.25, -0.2) is 43.9 Å². The molecule has 6 aromatic carbocycles. The van der Waals surface area contributed by atoms with Crippen molar-refractivity contribution in [2.24, 2.45) is 0 Å². The van der Waals surface area contributed by atoms with E-state index in [1.165, 1.54) is 70.3 Å². The largest absolute Gasteiger partial charge is 0.457 e. The van der Waals surface area contributed by atoms with E-state index in [0.717, 1.165) is 149 Å². The van der Waals surface area contributed by atoms with Crippen molar-refractivity contribution < 1.29 is 28.6 Å². The van der Waals surface area contributed by atoms with Crippen LogP contribution in [-0.2, 0) is 14.4 Å². The van der Waals surface area contributed by atoms with E-state index >= 15 is 0 Å². The first-order chi connectivity index (χ1) is 58.3. The molecule has 4 saturated heterocycles. The topological polar surface area (TPSA) is 328 Å². The van der Waals surface area contributed by atoms with Crippen molar-refractivity contribution in [3.63, 3.8) is 0 Å². The fourth-order valence-corrected chi connectivity index (χ4v) is 16.1. The highest BCUT2D eigenvalue weighted by Crippen LogP contribution is 2.40. The summed E-state index contributed by atoms with van der Waals surface area (Å²) in [5.74, 6) is 5.77. The summed E-state index contributed by atoms with van der Waals surface area (Å²) in [4.78, 5) is 75.5. The van der Waals surface area contributed by atoms with Gasteiger partial charge in [-0.05, 0) is 201 Å². The smallest absolute Gasteiger partial charge is 0.246 e. The average Bonchev–Trinajstić information content (AvgIpc) is 1.62. The van der Waals surface area contributed by atoms with Gasteiger partial charge in [-0.15, -0.1) is 0 Å². The Balaban J connectivity index is 0.000000133. The van der Waals surface area contributed by atoms with E-state index in [2.05, 4.69) is 64.4 Å². The van der Waals surface area contributed by atoms with Gasteiger partial charge in [-0.1, -0.05) is 85.7 Å². The molecule has 119 heavy (non-hydrogen) atoms. The van der Waals surface area contributed by atoms with Gasteiger partial charge in [0.15, 0.2) is 16.9 Å². The van der Waals surface area contributed by atoms with E-state index in [1.54, 1.807) is 18.2 Å². The summed E-state index contributed by atoms with van der Waals surface area (Å²) in [5, 5.41) is 24.0. The molecule has 28 heteroatoms. The van der Waals surface area contributed by atoms with Crippen LogP contribution in [0.3, 0.4) is 0 Å². The Hall–Kier alpha value is -12.8. The van der Waals surface area contributed by atoms with Crippen molar-refractivity contribution in [2.75, 3.05) is 103 Å². The van der Waals surface area contributed by atoms with Crippen molar-refractivity contribution >= 4 is 68.3 Å². The number of ether oxygens (including phenoxy) is 3. The normalized spacial score (nSPS) is 18.1. The third kappa shape index (κ3) is 19.3. The average molecular weight is 1600 g/mol. The Labute approximate surface area is 691 Å². The lowest BCUT2D eigenvalue weighted by Gasteiger charge is -2.34. The molecular weight excluding hydrogens is 1500 g/mol. The number of nitrogens with zero attached hydrogens (tertiary/aromatic N) is 17. The van der Waals surface area contributed by atoms with Gasteiger partial charge in [0.2, 0.25) is 17.7 Å². The van der Waals surface area contributed by atoms with E-state index in [0.29, 0.717) is 85.2 Å². The third-order valence-corrected chi connectivity index (χ3v) is 23.3. The second-order valence-corrected chi connectivity index (χ2v) is 31.4. The number of likely N-dealkylation sites (tertiary alicyclic amines) is 4. The van der Waals surface area contributed by atoms with Gasteiger partial charge in [0.1, 0.15) is 88.0 Å². The van der Waals surface area contributed by atoms with Crippen LogP contribution in [0.5, 0.6) is 34.5 Å². The minimum absolute atomic E-state index is 0.00418. The van der Waals surface area contributed by atoms with Gasteiger partial charge in [0, 0.05) is 112 Å². The molecular formula is C91H102N22O6. The second-order valence-electron chi connectivity index (χ2n) is 31.4. The number of hydrogen-bond donors (Lipinski definition) is 5. The molecule has 8 N–H and O–H groups in total. The summed E-state index contributed by atoms with van der Waals surface area (Å²) < 4.78 is 23.6. The number of benzene rings is 6. The molecule has 0 bridgehead atoms. The molecule has 4 aliphatic heterocycles. The first-order valence-electron chi connectivity index (χ1n) is 41.5. The summed E-state index contributed by atoms with van der Waals surface area (Å²) >= 11 is 0. The van der Waals surface area contributed by atoms with Crippen LogP contribution in [0.15, 0.2) is 219 Å². The number of carbonyl (C=O) groups is 3.